The number of anilines is 1. The second kappa shape index (κ2) is 7.95. The minimum Gasteiger partial charge on any atom is -0.497 e. The van der Waals surface area contributed by atoms with Gasteiger partial charge in [0.2, 0.25) is 5.91 Å². The van der Waals surface area contributed by atoms with Gasteiger partial charge in [0.15, 0.2) is 0 Å². The van der Waals surface area contributed by atoms with E-state index in [1.165, 1.54) is 6.42 Å². The standard InChI is InChI=1S/C20H24N2O2/c1-24-19-11-9-18(10-12-19)22(15-16-6-5-13-21-14-16)20(23)17-7-3-2-4-8-17/h5-6,9-14,17H,2-4,7-8,15H2,1H3. The summed E-state index contributed by atoms with van der Waals surface area (Å²) in [4.78, 5) is 19.2. The molecule has 0 spiro atoms. The van der Waals surface area contributed by atoms with Gasteiger partial charge < -0.3 is 9.64 Å². The van der Waals surface area contributed by atoms with Gasteiger partial charge in [0.1, 0.15) is 5.75 Å². The molecule has 1 aromatic heterocycles. The maximum absolute atomic E-state index is 13.1. The van der Waals surface area contributed by atoms with Crippen molar-refractivity contribution < 1.29 is 9.53 Å². The van der Waals surface area contributed by atoms with Crippen LogP contribution in [-0.4, -0.2) is 18.0 Å². The molecule has 4 nitrogen and oxygen atoms in total. The van der Waals surface area contributed by atoms with Crippen LogP contribution in [0.4, 0.5) is 5.69 Å². The number of carbonyl (C=O) groups is 1. The number of pyridine rings is 1. The molecule has 0 bridgehead atoms. The van der Waals surface area contributed by atoms with Crippen LogP contribution in [-0.2, 0) is 11.3 Å². The van der Waals surface area contributed by atoms with Crippen molar-refractivity contribution in [2.75, 3.05) is 12.0 Å². The van der Waals surface area contributed by atoms with Crippen molar-refractivity contribution in [1.29, 1.82) is 0 Å². The number of benzene rings is 1. The molecule has 0 aliphatic heterocycles. The van der Waals surface area contributed by atoms with E-state index >= 15 is 0 Å². The first-order valence-electron chi connectivity index (χ1n) is 8.62. The van der Waals surface area contributed by atoms with Crippen LogP contribution < -0.4 is 9.64 Å². The predicted molar refractivity (Wildman–Crippen MR) is 95.0 cm³/mol. The summed E-state index contributed by atoms with van der Waals surface area (Å²) in [5, 5.41) is 0. The summed E-state index contributed by atoms with van der Waals surface area (Å²) < 4.78 is 5.23. The summed E-state index contributed by atoms with van der Waals surface area (Å²) in [6.45, 7) is 0.551. The molecule has 1 aliphatic carbocycles. The lowest BCUT2D eigenvalue weighted by molar-refractivity contribution is -0.123. The molecule has 0 unspecified atom stereocenters. The molecule has 2 aromatic rings. The number of rotatable bonds is 5. The van der Waals surface area contributed by atoms with Gasteiger partial charge in [0.25, 0.3) is 0 Å². The summed E-state index contributed by atoms with van der Waals surface area (Å²) in [5.74, 6) is 1.16. The smallest absolute Gasteiger partial charge is 0.230 e. The zero-order chi connectivity index (χ0) is 16.8. The van der Waals surface area contributed by atoms with Gasteiger partial charge in [-0.2, -0.15) is 0 Å². The van der Waals surface area contributed by atoms with E-state index in [-0.39, 0.29) is 11.8 Å². The molecule has 1 heterocycles. The number of amides is 1. The van der Waals surface area contributed by atoms with Crippen LogP contribution in [0.3, 0.4) is 0 Å². The van der Waals surface area contributed by atoms with Crippen LogP contribution >= 0.6 is 0 Å². The average molecular weight is 324 g/mol. The first-order chi connectivity index (χ1) is 11.8. The van der Waals surface area contributed by atoms with Crippen LogP contribution in [0.2, 0.25) is 0 Å². The SMILES string of the molecule is COc1ccc(N(Cc2cccnc2)C(=O)C2CCCCC2)cc1. The van der Waals surface area contributed by atoms with Gasteiger partial charge in [-0.1, -0.05) is 25.3 Å². The average Bonchev–Trinajstić information content (AvgIpc) is 2.67. The molecule has 0 N–H and O–H groups in total. The molecular weight excluding hydrogens is 300 g/mol. The highest BCUT2D eigenvalue weighted by atomic mass is 16.5. The summed E-state index contributed by atoms with van der Waals surface area (Å²) in [6, 6.07) is 11.6. The Labute approximate surface area is 143 Å². The first-order valence-corrected chi connectivity index (χ1v) is 8.62. The van der Waals surface area contributed by atoms with E-state index in [4.69, 9.17) is 4.74 Å². The van der Waals surface area contributed by atoms with E-state index in [0.29, 0.717) is 6.54 Å². The molecule has 1 aliphatic rings. The molecule has 0 saturated heterocycles. The Morgan fingerprint density at radius 1 is 1.17 bits per heavy atom. The van der Waals surface area contributed by atoms with Crippen molar-refractivity contribution in [2.24, 2.45) is 5.92 Å². The number of nitrogens with zero attached hydrogens (tertiary/aromatic N) is 2. The minimum atomic E-state index is 0.137. The number of ether oxygens (including phenoxy) is 1. The Morgan fingerprint density at radius 2 is 1.92 bits per heavy atom. The summed E-state index contributed by atoms with van der Waals surface area (Å²) >= 11 is 0. The Balaban J connectivity index is 1.85. The van der Waals surface area contributed by atoms with Crippen LogP contribution in [0, 0.1) is 5.92 Å². The normalized spacial score (nSPS) is 15.0. The van der Waals surface area contributed by atoms with Crippen LogP contribution in [0.5, 0.6) is 5.75 Å². The molecule has 0 atom stereocenters. The largest absolute Gasteiger partial charge is 0.497 e. The quantitative estimate of drug-likeness (QED) is 0.827. The van der Waals surface area contributed by atoms with Gasteiger partial charge in [-0.15, -0.1) is 0 Å². The maximum atomic E-state index is 13.1. The summed E-state index contributed by atoms with van der Waals surface area (Å²) in [7, 11) is 1.65. The molecule has 1 aromatic carbocycles. The van der Waals surface area contributed by atoms with Crippen molar-refractivity contribution in [3.8, 4) is 5.75 Å². The third kappa shape index (κ3) is 3.94. The van der Waals surface area contributed by atoms with Gasteiger partial charge in [-0.05, 0) is 48.7 Å². The van der Waals surface area contributed by atoms with Gasteiger partial charge in [0.05, 0.1) is 13.7 Å². The molecule has 126 valence electrons. The van der Waals surface area contributed by atoms with Crippen molar-refractivity contribution in [3.05, 3.63) is 54.4 Å². The van der Waals surface area contributed by atoms with E-state index in [1.54, 1.807) is 13.3 Å². The Bertz CT molecular complexity index is 649. The molecule has 3 rings (SSSR count). The minimum absolute atomic E-state index is 0.137. The highest BCUT2D eigenvalue weighted by Crippen LogP contribution is 2.29. The highest BCUT2D eigenvalue weighted by Gasteiger charge is 2.27. The third-order valence-electron chi connectivity index (χ3n) is 4.67. The second-order valence-electron chi connectivity index (χ2n) is 6.32. The van der Waals surface area contributed by atoms with Crippen molar-refractivity contribution in [1.82, 2.24) is 4.98 Å². The predicted octanol–water partition coefficient (Wildman–Crippen LogP) is 4.20. The molecule has 1 amide bonds. The van der Waals surface area contributed by atoms with Crippen molar-refractivity contribution >= 4 is 11.6 Å². The van der Waals surface area contributed by atoms with E-state index in [9.17, 15) is 4.79 Å². The Kier molecular flexibility index (Phi) is 5.47. The van der Waals surface area contributed by atoms with Crippen molar-refractivity contribution in [2.45, 2.75) is 38.6 Å². The van der Waals surface area contributed by atoms with E-state index in [0.717, 1.165) is 42.7 Å². The van der Waals surface area contributed by atoms with E-state index in [1.807, 2.05) is 47.5 Å². The first kappa shape index (κ1) is 16.5. The van der Waals surface area contributed by atoms with Gasteiger partial charge in [0, 0.05) is 24.0 Å². The van der Waals surface area contributed by atoms with E-state index < -0.39 is 0 Å². The van der Waals surface area contributed by atoms with Gasteiger partial charge in [-0.3, -0.25) is 9.78 Å². The lowest BCUT2D eigenvalue weighted by Crippen LogP contribution is -2.36. The molecule has 4 heteroatoms. The molecule has 0 radical (unpaired) electrons. The van der Waals surface area contributed by atoms with Crippen LogP contribution in [0.15, 0.2) is 48.8 Å². The third-order valence-corrected chi connectivity index (χ3v) is 4.67. The van der Waals surface area contributed by atoms with Crippen LogP contribution in [0.1, 0.15) is 37.7 Å². The Hall–Kier alpha value is -2.36. The van der Waals surface area contributed by atoms with Gasteiger partial charge in [-0.25, -0.2) is 0 Å². The van der Waals surface area contributed by atoms with E-state index in [2.05, 4.69) is 4.98 Å². The molecule has 24 heavy (non-hydrogen) atoms. The number of carbonyl (C=O) groups excluding carboxylic acids is 1. The zero-order valence-corrected chi connectivity index (χ0v) is 14.1. The monoisotopic (exact) mass is 324 g/mol. The molecule has 1 fully saturated rings. The molecular formula is C20H24N2O2. The number of hydrogen-bond donors (Lipinski definition) is 0. The van der Waals surface area contributed by atoms with Crippen molar-refractivity contribution in [3.63, 3.8) is 0 Å². The fraction of sp³-hybridized carbons (Fsp3) is 0.400. The molecule has 1 saturated carbocycles. The fourth-order valence-corrected chi connectivity index (χ4v) is 3.30. The number of hydrogen-bond acceptors (Lipinski definition) is 3. The summed E-state index contributed by atoms with van der Waals surface area (Å²) in [6.07, 6.45) is 9.13. The topological polar surface area (TPSA) is 42.4 Å². The Morgan fingerprint density at radius 3 is 2.54 bits per heavy atom. The lowest BCUT2D eigenvalue weighted by atomic mass is 9.88. The highest BCUT2D eigenvalue weighted by molar-refractivity contribution is 5.95. The number of aromatic nitrogens is 1. The fourth-order valence-electron chi connectivity index (χ4n) is 3.30. The van der Waals surface area contributed by atoms with Gasteiger partial charge >= 0.3 is 0 Å². The second-order valence-corrected chi connectivity index (χ2v) is 6.32. The summed E-state index contributed by atoms with van der Waals surface area (Å²) in [5.41, 5.74) is 1.95. The lowest BCUT2D eigenvalue weighted by Gasteiger charge is -2.29. The van der Waals surface area contributed by atoms with Crippen LogP contribution in [0.25, 0.3) is 0 Å². The number of methoxy groups -OCH3 is 1. The maximum Gasteiger partial charge on any atom is 0.230 e. The zero-order valence-electron chi connectivity index (χ0n) is 14.1.